The summed E-state index contributed by atoms with van der Waals surface area (Å²) in [5.41, 5.74) is 0.958. The van der Waals surface area contributed by atoms with Gasteiger partial charge in [-0.25, -0.2) is 9.18 Å². The highest BCUT2D eigenvalue weighted by molar-refractivity contribution is 5.73. The third kappa shape index (κ3) is 4.42. The number of ether oxygens (including phenoxy) is 2. The average Bonchev–Trinajstić information content (AvgIpc) is 3.23. The summed E-state index contributed by atoms with van der Waals surface area (Å²) in [5, 5.41) is 5.80. The molecule has 2 aliphatic rings. The molecule has 1 aromatic carbocycles. The molecule has 3 atom stereocenters. The molecule has 2 amide bonds. The van der Waals surface area contributed by atoms with Crippen molar-refractivity contribution in [3.63, 3.8) is 0 Å². The third-order valence-electron chi connectivity index (χ3n) is 4.51. The molecule has 0 aromatic heterocycles. The van der Waals surface area contributed by atoms with Gasteiger partial charge < -0.3 is 20.1 Å². The lowest BCUT2D eigenvalue weighted by atomic mass is 9.95. The van der Waals surface area contributed by atoms with Gasteiger partial charge >= 0.3 is 6.03 Å². The highest BCUT2D eigenvalue weighted by Crippen LogP contribution is 2.34. The quantitative estimate of drug-likeness (QED) is 0.874. The highest BCUT2D eigenvalue weighted by Gasteiger charge is 2.30. The summed E-state index contributed by atoms with van der Waals surface area (Å²) in [6.07, 6.45) is 1.81. The van der Waals surface area contributed by atoms with Gasteiger partial charge in [0.15, 0.2) is 0 Å². The molecule has 1 aromatic rings. The first-order valence-corrected chi connectivity index (χ1v) is 8.19. The van der Waals surface area contributed by atoms with Crippen LogP contribution in [0, 0.1) is 17.7 Å². The first-order chi connectivity index (χ1) is 11.2. The molecule has 126 valence electrons. The number of urea groups is 1. The van der Waals surface area contributed by atoms with Gasteiger partial charge in [-0.05, 0) is 30.5 Å². The Morgan fingerprint density at radius 2 is 1.91 bits per heavy atom. The zero-order valence-corrected chi connectivity index (χ0v) is 13.1. The standard InChI is InChI=1S/C17H23FN2O3/c18-15-3-1-13(2-4-15)16-14(6-8-23-16)10-20-17(21)19-9-12-5-7-22-11-12/h1-4,12,14,16H,5-11H2,(H2,19,20,21)/t12-,14-,16-/m0/s1. The lowest BCUT2D eigenvalue weighted by Gasteiger charge is -2.20. The smallest absolute Gasteiger partial charge is 0.314 e. The Morgan fingerprint density at radius 1 is 1.13 bits per heavy atom. The van der Waals surface area contributed by atoms with Gasteiger partial charge in [0.1, 0.15) is 5.82 Å². The number of carbonyl (C=O) groups is 1. The van der Waals surface area contributed by atoms with Gasteiger partial charge in [0.05, 0.1) is 12.7 Å². The molecule has 0 unspecified atom stereocenters. The molecule has 3 rings (SSSR count). The minimum absolute atomic E-state index is 0.0841. The minimum atomic E-state index is -0.253. The molecule has 5 nitrogen and oxygen atoms in total. The van der Waals surface area contributed by atoms with Gasteiger partial charge in [0.2, 0.25) is 0 Å². The normalized spacial score (nSPS) is 27.1. The first-order valence-electron chi connectivity index (χ1n) is 8.19. The van der Waals surface area contributed by atoms with Crippen LogP contribution in [0.1, 0.15) is 24.5 Å². The molecular weight excluding hydrogens is 299 g/mol. The molecule has 2 aliphatic heterocycles. The molecule has 23 heavy (non-hydrogen) atoms. The van der Waals surface area contributed by atoms with Crippen molar-refractivity contribution in [1.82, 2.24) is 10.6 Å². The fourth-order valence-corrected chi connectivity index (χ4v) is 3.13. The summed E-state index contributed by atoms with van der Waals surface area (Å²) in [4.78, 5) is 11.9. The molecule has 0 bridgehead atoms. The maximum atomic E-state index is 13.0. The van der Waals surface area contributed by atoms with Gasteiger partial charge in [-0.15, -0.1) is 0 Å². The van der Waals surface area contributed by atoms with Crippen molar-refractivity contribution in [3.8, 4) is 0 Å². The van der Waals surface area contributed by atoms with Crippen LogP contribution in [0.2, 0.25) is 0 Å². The zero-order valence-electron chi connectivity index (χ0n) is 13.1. The Balaban J connectivity index is 1.44. The largest absolute Gasteiger partial charge is 0.381 e. The number of hydrogen-bond donors (Lipinski definition) is 2. The Morgan fingerprint density at radius 3 is 2.65 bits per heavy atom. The molecule has 0 saturated carbocycles. The van der Waals surface area contributed by atoms with Crippen molar-refractivity contribution in [1.29, 1.82) is 0 Å². The third-order valence-corrected chi connectivity index (χ3v) is 4.51. The Kier molecular flexibility index (Phi) is 5.46. The number of nitrogens with one attached hydrogen (secondary N) is 2. The monoisotopic (exact) mass is 322 g/mol. The summed E-state index contributed by atoms with van der Waals surface area (Å²) >= 11 is 0. The molecule has 6 heteroatoms. The van der Waals surface area contributed by atoms with E-state index in [-0.39, 0.29) is 23.9 Å². The summed E-state index contributed by atoms with van der Waals surface area (Å²) in [7, 11) is 0. The van der Waals surface area contributed by atoms with Gasteiger partial charge in [0, 0.05) is 38.1 Å². The molecule has 0 aliphatic carbocycles. The second-order valence-corrected chi connectivity index (χ2v) is 6.21. The second-order valence-electron chi connectivity index (χ2n) is 6.21. The lowest BCUT2D eigenvalue weighted by Crippen LogP contribution is -2.40. The Labute approximate surface area is 135 Å². The highest BCUT2D eigenvalue weighted by atomic mass is 19.1. The van der Waals surface area contributed by atoms with E-state index in [0.29, 0.717) is 25.6 Å². The van der Waals surface area contributed by atoms with E-state index in [1.807, 2.05) is 0 Å². The van der Waals surface area contributed by atoms with E-state index in [2.05, 4.69) is 10.6 Å². The summed E-state index contributed by atoms with van der Waals surface area (Å²) in [6, 6.07) is 6.23. The number of hydrogen-bond acceptors (Lipinski definition) is 3. The fraction of sp³-hybridized carbons (Fsp3) is 0.588. The number of rotatable bonds is 5. The van der Waals surface area contributed by atoms with E-state index in [0.717, 1.165) is 31.6 Å². The van der Waals surface area contributed by atoms with Gasteiger partial charge in [-0.3, -0.25) is 0 Å². The Hall–Kier alpha value is -1.66. The van der Waals surface area contributed by atoms with Crippen molar-refractivity contribution in [2.24, 2.45) is 11.8 Å². The van der Waals surface area contributed by atoms with Crippen LogP contribution < -0.4 is 10.6 Å². The topological polar surface area (TPSA) is 59.6 Å². The average molecular weight is 322 g/mol. The molecule has 2 heterocycles. The van der Waals surface area contributed by atoms with Crippen molar-refractivity contribution < 1.29 is 18.7 Å². The van der Waals surface area contributed by atoms with E-state index in [4.69, 9.17) is 9.47 Å². The predicted molar refractivity (Wildman–Crippen MR) is 83.5 cm³/mol. The van der Waals surface area contributed by atoms with Crippen molar-refractivity contribution in [2.75, 3.05) is 32.9 Å². The molecule has 0 spiro atoms. The van der Waals surface area contributed by atoms with Crippen LogP contribution in [0.15, 0.2) is 24.3 Å². The molecular formula is C17H23FN2O3. The van der Waals surface area contributed by atoms with Crippen LogP contribution in [0.5, 0.6) is 0 Å². The van der Waals surface area contributed by atoms with Crippen LogP contribution in [0.25, 0.3) is 0 Å². The minimum Gasteiger partial charge on any atom is -0.381 e. The fourth-order valence-electron chi connectivity index (χ4n) is 3.13. The van der Waals surface area contributed by atoms with Crippen LogP contribution in [-0.2, 0) is 9.47 Å². The number of carbonyl (C=O) groups excluding carboxylic acids is 1. The summed E-state index contributed by atoms with van der Waals surface area (Å²) in [6.45, 7) is 3.37. The van der Waals surface area contributed by atoms with Gasteiger partial charge in [-0.2, -0.15) is 0 Å². The van der Waals surface area contributed by atoms with E-state index in [9.17, 15) is 9.18 Å². The first kappa shape index (κ1) is 16.2. The number of halogens is 1. The van der Waals surface area contributed by atoms with Crippen LogP contribution in [0.4, 0.5) is 9.18 Å². The summed E-state index contributed by atoms with van der Waals surface area (Å²) in [5.74, 6) is 0.375. The van der Waals surface area contributed by atoms with Crippen LogP contribution in [0.3, 0.4) is 0 Å². The van der Waals surface area contributed by atoms with Crippen LogP contribution >= 0.6 is 0 Å². The van der Waals surface area contributed by atoms with Crippen molar-refractivity contribution >= 4 is 6.03 Å². The maximum absolute atomic E-state index is 13.0. The maximum Gasteiger partial charge on any atom is 0.314 e. The SMILES string of the molecule is O=C(NC[C@@H]1CCOC1)NC[C@@H]1CCO[C@H]1c1ccc(F)cc1. The molecule has 2 N–H and O–H groups in total. The molecule has 2 saturated heterocycles. The van der Waals surface area contributed by atoms with E-state index >= 15 is 0 Å². The number of benzene rings is 1. The zero-order chi connectivity index (χ0) is 16.1. The molecule has 0 radical (unpaired) electrons. The van der Waals surface area contributed by atoms with Crippen molar-refractivity contribution in [3.05, 3.63) is 35.6 Å². The van der Waals surface area contributed by atoms with Crippen molar-refractivity contribution in [2.45, 2.75) is 18.9 Å². The number of amides is 2. The summed E-state index contributed by atoms with van der Waals surface area (Å²) < 4.78 is 24.1. The lowest BCUT2D eigenvalue weighted by molar-refractivity contribution is 0.0909. The van der Waals surface area contributed by atoms with E-state index < -0.39 is 0 Å². The van der Waals surface area contributed by atoms with Crippen LogP contribution in [-0.4, -0.2) is 38.9 Å². The second kappa shape index (κ2) is 7.75. The van der Waals surface area contributed by atoms with E-state index in [1.54, 1.807) is 12.1 Å². The Bertz CT molecular complexity index is 517. The predicted octanol–water partition coefficient (Wildman–Crippen LogP) is 2.24. The van der Waals surface area contributed by atoms with Gasteiger partial charge in [0.25, 0.3) is 0 Å². The molecule has 2 fully saturated rings. The van der Waals surface area contributed by atoms with E-state index in [1.165, 1.54) is 12.1 Å². The van der Waals surface area contributed by atoms with Gasteiger partial charge in [-0.1, -0.05) is 12.1 Å².